The third-order valence-electron chi connectivity index (χ3n) is 4.98. The molecular weight excluding hydrogens is 469 g/mol. The van der Waals surface area contributed by atoms with Crippen LogP contribution in [0, 0.1) is 0 Å². The molecule has 7 nitrogen and oxygen atoms in total. The molecule has 0 radical (unpaired) electrons. The van der Waals surface area contributed by atoms with Crippen molar-refractivity contribution in [3.63, 3.8) is 0 Å². The molecule has 0 amide bonds. The summed E-state index contributed by atoms with van der Waals surface area (Å²) in [5, 5.41) is 29.1. The van der Waals surface area contributed by atoms with Crippen LogP contribution in [0.1, 0.15) is 63.9 Å². The molecule has 4 N–H and O–H groups in total. The summed E-state index contributed by atoms with van der Waals surface area (Å²) in [5.74, 6) is 0.226. The minimum absolute atomic E-state index is 0.000463. The number of aliphatic imine (C=N–C) groups is 1. The van der Waals surface area contributed by atoms with Crippen molar-refractivity contribution >= 4 is 6.21 Å². The maximum atomic E-state index is 9.87. The van der Waals surface area contributed by atoms with Crippen LogP contribution in [0.2, 0.25) is 0 Å². The van der Waals surface area contributed by atoms with Gasteiger partial charge in [0.25, 0.3) is 0 Å². The molecule has 1 aromatic heterocycles. The number of aromatic amines is 1. The third-order valence-corrected chi connectivity index (χ3v) is 4.98. The molecule has 34 heavy (non-hydrogen) atoms. The van der Waals surface area contributed by atoms with Crippen molar-refractivity contribution in [1.82, 2.24) is 9.97 Å². The predicted molar refractivity (Wildman–Crippen MR) is 131 cm³/mol. The van der Waals surface area contributed by atoms with Crippen molar-refractivity contribution in [1.29, 1.82) is 0 Å². The first kappa shape index (κ1) is 29.1. The number of aromatic hydroxyl groups is 3. The van der Waals surface area contributed by atoms with E-state index in [1.54, 1.807) is 30.7 Å². The number of imidazole rings is 1. The molecule has 3 aromatic rings. The zero-order chi connectivity index (χ0) is 25.9. The van der Waals surface area contributed by atoms with Crippen molar-refractivity contribution in [3.05, 3.63) is 71.3 Å². The van der Waals surface area contributed by atoms with E-state index in [0.29, 0.717) is 6.54 Å². The Morgan fingerprint density at radius 1 is 0.971 bits per heavy atom. The maximum absolute atomic E-state index is 9.87. The molecule has 0 aliphatic carbocycles. The average Bonchev–Trinajstić information content (AvgIpc) is 3.28. The third kappa shape index (κ3) is 9.16. The van der Waals surface area contributed by atoms with Gasteiger partial charge >= 0.3 is 21.0 Å². The normalized spacial score (nSPS) is 11.3. The molecule has 3 rings (SSSR count). The van der Waals surface area contributed by atoms with E-state index in [2.05, 4.69) is 35.7 Å². The molecule has 0 saturated heterocycles. The molecule has 8 heteroatoms. The fourth-order valence-electron chi connectivity index (χ4n) is 2.99. The molecule has 0 atom stereocenters. The van der Waals surface area contributed by atoms with Gasteiger partial charge in [0.15, 0.2) is 11.5 Å². The fraction of sp³-hybridized carbons (Fsp3) is 0.385. The van der Waals surface area contributed by atoms with Gasteiger partial charge < -0.3 is 20.3 Å². The molecule has 183 valence electrons. The summed E-state index contributed by atoms with van der Waals surface area (Å²) < 4.78 is 8.19. The van der Waals surface area contributed by atoms with Gasteiger partial charge in [0.05, 0.1) is 12.0 Å². The molecular formula is C26H35N3O4V. The Kier molecular flexibility index (Phi) is 11.2. The van der Waals surface area contributed by atoms with Crippen LogP contribution in [0.15, 0.2) is 53.9 Å². The molecule has 0 spiro atoms. The van der Waals surface area contributed by atoms with E-state index in [9.17, 15) is 15.3 Å². The molecule has 0 bridgehead atoms. The van der Waals surface area contributed by atoms with Crippen molar-refractivity contribution < 1.29 is 36.4 Å². The Bertz CT molecular complexity index is 1050. The van der Waals surface area contributed by atoms with E-state index in [0.717, 1.165) is 46.2 Å². The number of hydrogen-bond acceptors (Lipinski definition) is 6. The van der Waals surface area contributed by atoms with Crippen molar-refractivity contribution in [2.24, 2.45) is 4.99 Å². The van der Waals surface area contributed by atoms with Gasteiger partial charge in [-0.3, -0.25) is 4.99 Å². The van der Waals surface area contributed by atoms with E-state index in [1.807, 2.05) is 45.2 Å². The summed E-state index contributed by atoms with van der Waals surface area (Å²) in [4.78, 5) is 11.2. The minimum atomic E-state index is -0.178. The van der Waals surface area contributed by atoms with Gasteiger partial charge in [-0.25, -0.2) is 4.98 Å². The second kappa shape index (κ2) is 13.1. The number of benzene rings is 2. The number of aromatic nitrogens is 2. The standard InChI is InChI=1S/C14H22O2.C12H13N3O.O.V/c1-13(2,3)9-7-10(14(4,5)6)12(16)11(15)8-9;16-12-4-2-1-3-10(12)7-13-6-5-11-8-14-9-15-11;;/h7-8,15-16H,1-6H3;1-4,7-9,16H,5-6H2,(H,14,15);;. The van der Waals surface area contributed by atoms with Crippen molar-refractivity contribution in [2.45, 2.75) is 58.8 Å². The second-order valence-electron chi connectivity index (χ2n) is 9.80. The van der Waals surface area contributed by atoms with Crippen molar-refractivity contribution in [2.75, 3.05) is 6.54 Å². The number of phenols is 3. The van der Waals surface area contributed by atoms with Gasteiger partial charge in [-0.15, -0.1) is 0 Å². The molecule has 0 unspecified atom stereocenters. The second-order valence-corrected chi connectivity index (χ2v) is 9.80. The monoisotopic (exact) mass is 504 g/mol. The van der Waals surface area contributed by atoms with Crippen LogP contribution in [0.25, 0.3) is 0 Å². The van der Waals surface area contributed by atoms with Gasteiger partial charge in [0.1, 0.15) is 5.75 Å². The first-order valence-corrected chi connectivity index (χ1v) is 11.5. The van der Waals surface area contributed by atoms with Crippen LogP contribution < -0.4 is 0 Å². The number of nitrogens with zero attached hydrogens (tertiary/aromatic N) is 2. The van der Waals surface area contributed by atoms with Crippen LogP contribution in [-0.2, 0) is 38.3 Å². The number of phenolic OH excluding ortho intramolecular Hbond substituents is 3. The van der Waals surface area contributed by atoms with Gasteiger partial charge in [-0.05, 0) is 34.6 Å². The zero-order valence-corrected chi connectivity index (χ0v) is 22.1. The van der Waals surface area contributed by atoms with Gasteiger partial charge in [-0.2, -0.15) is 0 Å². The van der Waals surface area contributed by atoms with E-state index < -0.39 is 0 Å². The number of para-hydroxylation sites is 1. The van der Waals surface area contributed by atoms with Crippen LogP contribution in [0.4, 0.5) is 0 Å². The van der Waals surface area contributed by atoms with Crippen LogP contribution in [-0.4, -0.2) is 38.0 Å². The Balaban J connectivity index is 0.000000317. The SMILES string of the molecule is CC(C)(C)c1cc(O)c(O)c(C(C)(C)C)c1.Oc1ccccc1C=NCCc1c[nH]cn1.[O]=[V]. The first-order chi connectivity index (χ1) is 15.9. The quantitative estimate of drug-likeness (QED) is 0.282. The summed E-state index contributed by atoms with van der Waals surface area (Å²) >= 11 is 1.06. The molecule has 1 heterocycles. The van der Waals surface area contributed by atoms with E-state index in [-0.39, 0.29) is 28.1 Å². The molecule has 2 aromatic carbocycles. The number of H-pyrrole nitrogens is 1. The summed E-state index contributed by atoms with van der Waals surface area (Å²) in [6.45, 7) is 13.0. The molecule has 0 fully saturated rings. The van der Waals surface area contributed by atoms with Gasteiger partial charge in [-0.1, -0.05) is 59.7 Å². The van der Waals surface area contributed by atoms with Gasteiger partial charge in [0, 0.05) is 36.5 Å². The summed E-state index contributed by atoms with van der Waals surface area (Å²) in [6.07, 6.45) is 5.99. The van der Waals surface area contributed by atoms with Crippen LogP contribution in [0.3, 0.4) is 0 Å². The van der Waals surface area contributed by atoms with Crippen LogP contribution >= 0.6 is 0 Å². The Morgan fingerprint density at radius 2 is 1.62 bits per heavy atom. The van der Waals surface area contributed by atoms with E-state index >= 15 is 0 Å². The Morgan fingerprint density at radius 3 is 2.15 bits per heavy atom. The van der Waals surface area contributed by atoms with Gasteiger partial charge in [0.2, 0.25) is 0 Å². The molecule has 0 aliphatic heterocycles. The Labute approximate surface area is 211 Å². The predicted octanol–water partition coefficient (Wildman–Crippen LogP) is 5.35. The van der Waals surface area contributed by atoms with E-state index in [1.165, 1.54) is 0 Å². The Hall–Kier alpha value is -2.90. The van der Waals surface area contributed by atoms with Crippen LogP contribution in [0.5, 0.6) is 17.2 Å². The number of hydrogen-bond donors (Lipinski definition) is 4. The number of rotatable bonds is 4. The summed E-state index contributed by atoms with van der Waals surface area (Å²) in [5.41, 5.74) is 3.35. The number of nitrogens with one attached hydrogen (secondary N) is 1. The summed E-state index contributed by atoms with van der Waals surface area (Å²) in [7, 11) is 0. The van der Waals surface area contributed by atoms with E-state index in [4.69, 9.17) is 3.67 Å². The molecule has 0 aliphatic rings. The first-order valence-electron chi connectivity index (χ1n) is 10.9. The van der Waals surface area contributed by atoms with Crippen molar-refractivity contribution in [3.8, 4) is 17.2 Å². The summed E-state index contributed by atoms with van der Waals surface area (Å²) in [6, 6.07) is 10.8. The molecule has 0 saturated carbocycles. The fourth-order valence-corrected chi connectivity index (χ4v) is 2.99. The topological polar surface area (TPSA) is 119 Å². The average molecular weight is 505 g/mol. The zero-order valence-electron chi connectivity index (χ0n) is 20.7.